The molecule has 156 valence electrons. The molecular weight excluding hydrogens is 439 g/mol. The number of ether oxygens (including phenoxy) is 2. The van der Waals surface area contributed by atoms with Crippen molar-refractivity contribution in [3.63, 3.8) is 0 Å². The molecule has 10 heteroatoms. The first-order chi connectivity index (χ1) is 13.8. The number of hydrogen-bond donors (Lipinski definition) is 1. The summed E-state index contributed by atoms with van der Waals surface area (Å²) in [6, 6.07) is 9.45. The number of morpholine rings is 1. The molecule has 1 saturated heterocycles. The molecule has 1 amide bonds. The molecule has 29 heavy (non-hydrogen) atoms. The van der Waals surface area contributed by atoms with E-state index in [4.69, 9.17) is 32.7 Å². The van der Waals surface area contributed by atoms with Gasteiger partial charge in [-0.05, 0) is 35.9 Å². The number of nitrogens with zero attached hydrogens (tertiary/aromatic N) is 1. The lowest BCUT2D eigenvalue weighted by molar-refractivity contribution is -0.115. The van der Waals surface area contributed by atoms with Gasteiger partial charge in [-0.3, -0.25) is 4.79 Å². The highest BCUT2D eigenvalue weighted by Crippen LogP contribution is 2.31. The smallest absolute Gasteiger partial charge is 0.246 e. The van der Waals surface area contributed by atoms with Crippen LogP contribution in [0.1, 0.15) is 5.56 Å². The maximum atomic E-state index is 13.0. The van der Waals surface area contributed by atoms with Crippen LogP contribution in [0.2, 0.25) is 10.0 Å². The third kappa shape index (κ3) is 5.02. The normalized spacial score (nSPS) is 15.1. The average molecular weight is 459 g/mol. The Morgan fingerprint density at radius 3 is 2.45 bits per heavy atom. The first kappa shape index (κ1) is 21.9. The van der Waals surface area contributed by atoms with Crippen LogP contribution in [0.4, 0.5) is 5.69 Å². The predicted octanol–water partition coefficient (Wildman–Crippen LogP) is 3.20. The molecule has 0 radical (unpaired) electrons. The van der Waals surface area contributed by atoms with Crippen LogP contribution in [0.15, 0.2) is 41.3 Å². The first-order valence-electron chi connectivity index (χ1n) is 8.81. The van der Waals surface area contributed by atoms with Crippen LogP contribution < -0.4 is 10.1 Å². The van der Waals surface area contributed by atoms with Gasteiger partial charge in [0.05, 0.1) is 26.7 Å². The van der Waals surface area contributed by atoms with Gasteiger partial charge in [0.1, 0.15) is 10.6 Å². The van der Waals surface area contributed by atoms with Gasteiger partial charge in [0, 0.05) is 28.8 Å². The van der Waals surface area contributed by atoms with Crippen molar-refractivity contribution in [1.82, 2.24) is 4.31 Å². The SMILES string of the molecule is COc1ccc(NC(=O)Cc2c(Cl)cccc2Cl)cc1S(=O)(=O)N1CCOCC1. The lowest BCUT2D eigenvalue weighted by atomic mass is 10.1. The Bertz CT molecular complexity index is 987. The molecule has 0 saturated carbocycles. The molecule has 1 N–H and O–H groups in total. The number of methoxy groups -OCH3 is 1. The molecule has 7 nitrogen and oxygen atoms in total. The fourth-order valence-corrected chi connectivity index (χ4v) is 5.07. The van der Waals surface area contributed by atoms with Gasteiger partial charge >= 0.3 is 0 Å². The number of anilines is 1. The Morgan fingerprint density at radius 2 is 1.83 bits per heavy atom. The number of nitrogens with one attached hydrogen (secondary N) is 1. The van der Waals surface area contributed by atoms with Gasteiger partial charge in [-0.1, -0.05) is 29.3 Å². The summed E-state index contributed by atoms with van der Waals surface area (Å²) in [7, 11) is -2.41. The van der Waals surface area contributed by atoms with Crippen LogP contribution in [-0.2, 0) is 26.0 Å². The van der Waals surface area contributed by atoms with Crippen LogP contribution in [-0.4, -0.2) is 52.0 Å². The second kappa shape index (κ2) is 9.32. The van der Waals surface area contributed by atoms with E-state index in [2.05, 4.69) is 5.32 Å². The maximum absolute atomic E-state index is 13.0. The van der Waals surface area contributed by atoms with E-state index in [0.29, 0.717) is 34.5 Å². The minimum Gasteiger partial charge on any atom is -0.495 e. The standard InChI is InChI=1S/C19H20Cl2N2O5S/c1-27-17-6-5-13(11-18(17)29(25,26)23-7-9-28-10-8-23)22-19(24)12-14-15(20)3-2-4-16(14)21/h2-6,11H,7-10,12H2,1H3,(H,22,24). The Morgan fingerprint density at radius 1 is 1.17 bits per heavy atom. The van der Waals surface area contributed by atoms with Gasteiger partial charge < -0.3 is 14.8 Å². The summed E-state index contributed by atoms with van der Waals surface area (Å²) in [4.78, 5) is 12.4. The predicted molar refractivity (Wildman–Crippen MR) is 111 cm³/mol. The van der Waals surface area contributed by atoms with Crippen molar-refractivity contribution in [3.8, 4) is 5.75 Å². The van der Waals surface area contributed by atoms with Gasteiger partial charge in [0.2, 0.25) is 15.9 Å². The van der Waals surface area contributed by atoms with Gasteiger partial charge in [-0.15, -0.1) is 0 Å². The average Bonchev–Trinajstić information content (AvgIpc) is 2.71. The molecule has 1 fully saturated rings. The number of carbonyl (C=O) groups is 1. The van der Waals surface area contributed by atoms with E-state index < -0.39 is 10.0 Å². The third-order valence-electron chi connectivity index (χ3n) is 4.43. The largest absolute Gasteiger partial charge is 0.495 e. The molecule has 1 aliphatic heterocycles. The molecule has 0 bridgehead atoms. The molecule has 3 rings (SSSR count). The molecule has 1 heterocycles. The minimum atomic E-state index is -3.80. The number of rotatable bonds is 6. The molecule has 0 aliphatic carbocycles. The maximum Gasteiger partial charge on any atom is 0.246 e. The Kier molecular flexibility index (Phi) is 7.02. The van der Waals surface area contributed by atoms with Crippen molar-refractivity contribution in [3.05, 3.63) is 52.0 Å². The minimum absolute atomic E-state index is 0.0181. The van der Waals surface area contributed by atoms with Crippen LogP contribution in [0, 0.1) is 0 Å². The van der Waals surface area contributed by atoms with Crippen LogP contribution in [0.5, 0.6) is 5.75 Å². The van der Waals surface area contributed by atoms with E-state index in [1.807, 2.05) is 0 Å². The summed E-state index contributed by atoms with van der Waals surface area (Å²) in [5, 5.41) is 3.47. The van der Waals surface area contributed by atoms with Gasteiger partial charge in [-0.2, -0.15) is 4.31 Å². The van der Waals surface area contributed by atoms with Crippen molar-refractivity contribution in [2.24, 2.45) is 0 Å². The number of halogens is 2. The Balaban J connectivity index is 1.84. The highest BCUT2D eigenvalue weighted by atomic mass is 35.5. The summed E-state index contributed by atoms with van der Waals surface area (Å²) in [5.74, 6) is -0.177. The lowest BCUT2D eigenvalue weighted by Crippen LogP contribution is -2.40. The van der Waals surface area contributed by atoms with Gasteiger partial charge in [0.25, 0.3) is 0 Å². The molecule has 2 aromatic carbocycles. The van der Waals surface area contributed by atoms with Crippen LogP contribution in [0.25, 0.3) is 0 Å². The Labute approximate surface area is 179 Å². The van der Waals surface area contributed by atoms with Crippen molar-refractivity contribution in [1.29, 1.82) is 0 Å². The van der Waals surface area contributed by atoms with Crippen molar-refractivity contribution >= 4 is 44.8 Å². The van der Waals surface area contributed by atoms with E-state index in [-0.39, 0.29) is 36.1 Å². The summed E-state index contributed by atoms with van der Waals surface area (Å²) in [5.41, 5.74) is 0.828. The summed E-state index contributed by atoms with van der Waals surface area (Å²) < 4.78 is 37.8. The van der Waals surface area contributed by atoms with E-state index in [1.165, 1.54) is 23.5 Å². The monoisotopic (exact) mass is 458 g/mol. The van der Waals surface area contributed by atoms with Gasteiger partial charge in [0.15, 0.2) is 0 Å². The van der Waals surface area contributed by atoms with E-state index in [1.54, 1.807) is 24.3 Å². The number of amides is 1. The van der Waals surface area contributed by atoms with Crippen LogP contribution in [0.3, 0.4) is 0 Å². The highest BCUT2D eigenvalue weighted by Gasteiger charge is 2.29. The van der Waals surface area contributed by atoms with Crippen LogP contribution >= 0.6 is 23.2 Å². The number of carbonyl (C=O) groups excluding carboxylic acids is 1. The summed E-state index contributed by atoms with van der Waals surface area (Å²) in [6.07, 6.45) is -0.0456. The van der Waals surface area contributed by atoms with Crippen molar-refractivity contribution in [2.45, 2.75) is 11.3 Å². The zero-order chi connectivity index (χ0) is 21.0. The quantitative estimate of drug-likeness (QED) is 0.717. The first-order valence-corrected chi connectivity index (χ1v) is 11.0. The molecule has 0 unspecified atom stereocenters. The van der Waals surface area contributed by atoms with E-state index in [9.17, 15) is 13.2 Å². The lowest BCUT2D eigenvalue weighted by Gasteiger charge is -2.26. The van der Waals surface area contributed by atoms with E-state index >= 15 is 0 Å². The molecule has 0 atom stereocenters. The Hall–Kier alpha value is -1.84. The van der Waals surface area contributed by atoms with Crippen molar-refractivity contribution < 1.29 is 22.7 Å². The fraction of sp³-hybridized carbons (Fsp3) is 0.316. The highest BCUT2D eigenvalue weighted by molar-refractivity contribution is 7.89. The zero-order valence-corrected chi connectivity index (χ0v) is 18.0. The molecule has 1 aliphatic rings. The van der Waals surface area contributed by atoms with E-state index in [0.717, 1.165) is 0 Å². The molecule has 0 aromatic heterocycles. The third-order valence-corrected chi connectivity index (χ3v) is 7.06. The second-order valence-corrected chi connectivity index (χ2v) is 9.03. The van der Waals surface area contributed by atoms with Crippen molar-refractivity contribution in [2.75, 3.05) is 38.7 Å². The summed E-state index contributed by atoms with van der Waals surface area (Å²) >= 11 is 12.2. The van der Waals surface area contributed by atoms with Gasteiger partial charge in [-0.25, -0.2) is 8.42 Å². The molecule has 2 aromatic rings. The zero-order valence-electron chi connectivity index (χ0n) is 15.7. The molecular formula is C19H20Cl2N2O5S. The second-order valence-electron chi connectivity index (χ2n) is 6.31. The molecule has 0 spiro atoms. The number of sulfonamides is 1. The topological polar surface area (TPSA) is 84.9 Å². The number of benzene rings is 2. The number of hydrogen-bond acceptors (Lipinski definition) is 5. The fourth-order valence-electron chi connectivity index (χ4n) is 2.95. The summed E-state index contributed by atoms with van der Waals surface area (Å²) in [6.45, 7) is 1.17.